The van der Waals surface area contributed by atoms with Gasteiger partial charge < -0.3 is 14.9 Å². The topological polar surface area (TPSA) is 43.8 Å². The first-order valence-electron chi connectivity index (χ1n) is 5.77. The van der Waals surface area contributed by atoms with E-state index in [9.17, 15) is 9.90 Å². The van der Waals surface area contributed by atoms with Crippen LogP contribution in [0.1, 0.15) is 19.3 Å². The summed E-state index contributed by atoms with van der Waals surface area (Å²) in [7, 11) is 3.97. The van der Waals surface area contributed by atoms with Crippen molar-refractivity contribution in [1.82, 2.24) is 9.80 Å². The fourth-order valence-corrected chi connectivity index (χ4v) is 2.16. The van der Waals surface area contributed by atoms with E-state index in [-0.39, 0.29) is 18.1 Å². The monoisotopic (exact) mass is 226 g/mol. The Balaban J connectivity index is 2.54. The summed E-state index contributed by atoms with van der Waals surface area (Å²) in [6, 6.07) is 0.155. The van der Waals surface area contributed by atoms with E-state index in [0.717, 1.165) is 6.54 Å². The van der Waals surface area contributed by atoms with Gasteiger partial charge in [0.05, 0.1) is 6.10 Å². The van der Waals surface area contributed by atoms with Crippen molar-refractivity contribution in [2.24, 2.45) is 0 Å². The number of carbonyl (C=O) groups excluding carboxylic acids is 1. The van der Waals surface area contributed by atoms with Crippen LogP contribution in [0.3, 0.4) is 0 Å². The number of hydrogen-bond donors (Lipinski definition) is 1. The Bertz CT molecular complexity index is 253. The smallest absolute Gasteiger partial charge is 0.223 e. The predicted molar refractivity (Wildman–Crippen MR) is 64.1 cm³/mol. The van der Waals surface area contributed by atoms with Gasteiger partial charge in [0.2, 0.25) is 5.91 Å². The molecule has 1 fully saturated rings. The number of hydrogen-bond acceptors (Lipinski definition) is 3. The van der Waals surface area contributed by atoms with Crippen LogP contribution in [0, 0.1) is 0 Å². The van der Waals surface area contributed by atoms with Crippen molar-refractivity contribution in [3.8, 4) is 0 Å². The largest absolute Gasteiger partial charge is 0.391 e. The molecule has 1 heterocycles. The number of carbonyl (C=O) groups is 1. The van der Waals surface area contributed by atoms with Gasteiger partial charge in [-0.2, -0.15) is 0 Å². The highest BCUT2D eigenvalue weighted by Gasteiger charge is 2.33. The van der Waals surface area contributed by atoms with Crippen molar-refractivity contribution < 1.29 is 9.90 Å². The molecule has 16 heavy (non-hydrogen) atoms. The second kappa shape index (κ2) is 6.01. The fourth-order valence-electron chi connectivity index (χ4n) is 2.16. The van der Waals surface area contributed by atoms with Crippen LogP contribution in [0.5, 0.6) is 0 Å². The lowest BCUT2D eigenvalue weighted by Crippen LogP contribution is -2.41. The lowest BCUT2D eigenvalue weighted by atomic mass is 10.2. The normalized spacial score (nSPS) is 25.1. The van der Waals surface area contributed by atoms with Gasteiger partial charge in [-0.25, -0.2) is 0 Å². The molecular weight excluding hydrogens is 204 g/mol. The fraction of sp³-hybridized carbons (Fsp3) is 0.750. The molecule has 1 aliphatic heterocycles. The second-order valence-corrected chi connectivity index (χ2v) is 4.68. The van der Waals surface area contributed by atoms with E-state index in [1.165, 1.54) is 0 Å². The van der Waals surface area contributed by atoms with E-state index in [1.54, 1.807) is 6.08 Å². The highest BCUT2D eigenvalue weighted by molar-refractivity contribution is 5.77. The lowest BCUT2D eigenvalue weighted by molar-refractivity contribution is -0.132. The van der Waals surface area contributed by atoms with Gasteiger partial charge in [0, 0.05) is 25.6 Å². The third-order valence-corrected chi connectivity index (χ3v) is 2.85. The van der Waals surface area contributed by atoms with Crippen LogP contribution in [-0.4, -0.2) is 60.1 Å². The van der Waals surface area contributed by atoms with E-state index in [1.807, 2.05) is 19.0 Å². The molecule has 2 unspecified atom stereocenters. The molecule has 4 heteroatoms. The van der Waals surface area contributed by atoms with Crippen molar-refractivity contribution in [3.63, 3.8) is 0 Å². The van der Waals surface area contributed by atoms with Crippen LogP contribution in [0.4, 0.5) is 0 Å². The highest BCUT2D eigenvalue weighted by atomic mass is 16.3. The first-order chi connectivity index (χ1) is 7.54. The van der Waals surface area contributed by atoms with Crippen molar-refractivity contribution in [1.29, 1.82) is 0 Å². The van der Waals surface area contributed by atoms with Gasteiger partial charge in [-0.15, -0.1) is 6.58 Å². The van der Waals surface area contributed by atoms with Crippen LogP contribution in [0.15, 0.2) is 12.7 Å². The van der Waals surface area contributed by atoms with Gasteiger partial charge in [-0.3, -0.25) is 4.79 Å². The second-order valence-electron chi connectivity index (χ2n) is 4.68. The molecule has 0 aliphatic carbocycles. The molecule has 0 aromatic heterocycles. The average Bonchev–Trinajstić information content (AvgIpc) is 2.55. The number of aliphatic hydroxyl groups is 1. The third kappa shape index (κ3) is 3.61. The van der Waals surface area contributed by atoms with E-state index >= 15 is 0 Å². The van der Waals surface area contributed by atoms with Crippen molar-refractivity contribution >= 4 is 5.91 Å². The zero-order valence-corrected chi connectivity index (χ0v) is 10.2. The Morgan fingerprint density at radius 3 is 2.88 bits per heavy atom. The number of rotatable bonds is 5. The molecular formula is C12H22N2O2. The molecule has 0 aromatic carbocycles. The minimum Gasteiger partial charge on any atom is -0.391 e. The average molecular weight is 226 g/mol. The molecule has 2 atom stereocenters. The summed E-state index contributed by atoms with van der Waals surface area (Å²) in [5, 5.41) is 9.62. The molecule has 1 saturated heterocycles. The zero-order valence-electron chi connectivity index (χ0n) is 10.2. The summed E-state index contributed by atoms with van der Waals surface area (Å²) in [4.78, 5) is 15.8. The standard InChI is InChI=1S/C12H22N2O2/c1-4-5-6-12(16)14-9-11(15)7-10(14)8-13(2)3/h4,10-11,15H,1,5-9H2,2-3H3. The maximum atomic E-state index is 11.9. The lowest BCUT2D eigenvalue weighted by Gasteiger charge is -2.26. The van der Waals surface area contributed by atoms with Gasteiger partial charge in [0.15, 0.2) is 0 Å². The Morgan fingerprint density at radius 2 is 2.31 bits per heavy atom. The van der Waals surface area contributed by atoms with Crippen LogP contribution >= 0.6 is 0 Å². The maximum Gasteiger partial charge on any atom is 0.223 e. The first-order valence-corrected chi connectivity index (χ1v) is 5.77. The van der Waals surface area contributed by atoms with Gasteiger partial charge in [-0.05, 0) is 26.9 Å². The quantitative estimate of drug-likeness (QED) is 0.693. The SMILES string of the molecule is C=CCCC(=O)N1CC(O)CC1CN(C)C. The van der Waals surface area contributed by atoms with Gasteiger partial charge in [0.1, 0.15) is 0 Å². The minimum absolute atomic E-state index is 0.128. The highest BCUT2D eigenvalue weighted by Crippen LogP contribution is 2.19. The summed E-state index contributed by atoms with van der Waals surface area (Å²) in [5.41, 5.74) is 0. The molecule has 1 amide bonds. The zero-order chi connectivity index (χ0) is 12.1. The molecule has 0 radical (unpaired) electrons. The predicted octanol–water partition coefficient (Wildman–Crippen LogP) is 0.476. The number of likely N-dealkylation sites (N-methyl/N-ethyl adjacent to an activating group) is 1. The molecule has 4 nitrogen and oxygen atoms in total. The van der Waals surface area contributed by atoms with E-state index in [4.69, 9.17) is 0 Å². The van der Waals surface area contributed by atoms with Crippen molar-refractivity contribution in [2.75, 3.05) is 27.2 Å². The number of amides is 1. The molecule has 0 spiro atoms. The number of aliphatic hydroxyl groups excluding tert-OH is 1. The molecule has 0 bridgehead atoms. The number of likely N-dealkylation sites (tertiary alicyclic amines) is 1. The van der Waals surface area contributed by atoms with Gasteiger partial charge >= 0.3 is 0 Å². The number of allylic oxidation sites excluding steroid dienone is 1. The first kappa shape index (κ1) is 13.2. The number of β-amino-alcohol motifs (C(OH)–C–C–N with tert-alkyl or cyclic N) is 1. The van der Waals surface area contributed by atoms with Crippen LogP contribution in [-0.2, 0) is 4.79 Å². The summed E-state index contributed by atoms with van der Waals surface area (Å²) in [6.45, 7) is 4.91. The minimum atomic E-state index is -0.363. The summed E-state index contributed by atoms with van der Waals surface area (Å²) >= 11 is 0. The Hall–Kier alpha value is -0.870. The Kier molecular flexibility index (Phi) is 4.96. The molecule has 92 valence electrons. The van der Waals surface area contributed by atoms with Gasteiger partial charge in [0.25, 0.3) is 0 Å². The molecule has 0 aromatic rings. The van der Waals surface area contributed by atoms with Crippen molar-refractivity contribution in [3.05, 3.63) is 12.7 Å². The van der Waals surface area contributed by atoms with E-state index in [2.05, 4.69) is 11.5 Å². The molecule has 1 N–H and O–H groups in total. The summed E-state index contributed by atoms with van der Waals surface area (Å²) < 4.78 is 0. The van der Waals surface area contributed by atoms with E-state index < -0.39 is 0 Å². The van der Waals surface area contributed by atoms with Crippen LogP contribution < -0.4 is 0 Å². The Labute approximate surface area is 97.5 Å². The van der Waals surface area contributed by atoms with Gasteiger partial charge in [-0.1, -0.05) is 6.08 Å². The molecule has 1 aliphatic rings. The van der Waals surface area contributed by atoms with Crippen molar-refractivity contribution in [2.45, 2.75) is 31.4 Å². The third-order valence-electron chi connectivity index (χ3n) is 2.85. The Morgan fingerprint density at radius 1 is 1.62 bits per heavy atom. The molecule has 0 saturated carbocycles. The maximum absolute atomic E-state index is 11.9. The summed E-state index contributed by atoms with van der Waals surface area (Å²) in [5.74, 6) is 0.128. The van der Waals surface area contributed by atoms with Crippen LogP contribution in [0.25, 0.3) is 0 Å². The van der Waals surface area contributed by atoms with Crippen LogP contribution in [0.2, 0.25) is 0 Å². The molecule has 1 rings (SSSR count). The number of nitrogens with zero attached hydrogens (tertiary/aromatic N) is 2. The summed E-state index contributed by atoms with van der Waals surface area (Å²) in [6.07, 6.45) is 3.29. The van der Waals surface area contributed by atoms with E-state index in [0.29, 0.717) is 25.8 Å².